The van der Waals surface area contributed by atoms with Crippen molar-refractivity contribution < 1.29 is 9.53 Å². The fourth-order valence-corrected chi connectivity index (χ4v) is 3.24. The van der Waals surface area contributed by atoms with E-state index in [4.69, 9.17) is 4.74 Å². The standard InChI is InChI=1S/C21H22N6O2/c1-29-18-7-3-2-6-16(18)24-20(28)17-9-11-23-21(25-17)27-14-12-26(13-15-27)19-8-4-5-10-22-19/h2-11H,12-15H2,1H3,(H,24,28). The number of ether oxygens (including phenoxy) is 1. The molecule has 0 saturated carbocycles. The van der Waals surface area contributed by atoms with E-state index in [0.717, 1.165) is 32.0 Å². The lowest BCUT2D eigenvalue weighted by atomic mass is 10.2. The van der Waals surface area contributed by atoms with Gasteiger partial charge in [0.15, 0.2) is 0 Å². The Balaban J connectivity index is 1.43. The zero-order valence-corrected chi connectivity index (χ0v) is 16.2. The lowest BCUT2D eigenvalue weighted by Gasteiger charge is -2.35. The largest absolute Gasteiger partial charge is 0.495 e. The second-order valence-electron chi connectivity index (χ2n) is 6.56. The minimum atomic E-state index is -0.301. The maximum atomic E-state index is 12.7. The summed E-state index contributed by atoms with van der Waals surface area (Å²) in [6.07, 6.45) is 3.42. The van der Waals surface area contributed by atoms with Crippen LogP contribution in [0.25, 0.3) is 0 Å². The number of amides is 1. The van der Waals surface area contributed by atoms with Gasteiger partial charge in [-0.3, -0.25) is 4.79 Å². The Kier molecular flexibility index (Phi) is 5.51. The minimum absolute atomic E-state index is 0.301. The van der Waals surface area contributed by atoms with Crippen LogP contribution >= 0.6 is 0 Å². The van der Waals surface area contributed by atoms with Crippen molar-refractivity contribution in [1.82, 2.24) is 15.0 Å². The number of nitrogens with one attached hydrogen (secondary N) is 1. The third kappa shape index (κ3) is 4.26. The second-order valence-corrected chi connectivity index (χ2v) is 6.56. The first kappa shape index (κ1) is 18.7. The highest BCUT2D eigenvalue weighted by Crippen LogP contribution is 2.23. The van der Waals surface area contributed by atoms with Gasteiger partial charge in [-0.2, -0.15) is 0 Å². The first-order valence-electron chi connectivity index (χ1n) is 9.43. The van der Waals surface area contributed by atoms with Crippen LogP contribution in [0.3, 0.4) is 0 Å². The van der Waals surface area contributed by atoms with Crippen molar-refractivity contribution >= 4 is 23.4 Å². The van der Waals surface area contributed by atoms with Gasteiger partial charge in [-0.15, -0.1) is 0 Å². The molecule has 3 heterocycles. The van der Waals surface area contributed by atoms with Crippen molar-refractivity contribution in [3.63, 3.8) is 0 Å². The van der Waals surface area contributed by atoms with Gasteiger partial charge in [0.05, 0.1) is 12.8 Å². The molecule has 1 saturated heterocycles. The number of methoxy groups -OCH3 is 1. The van der Waals surface area contributed by atoms with E-state index in [1.54, 1.807) is 37.7 Å². The average molecular weight is 390 g/mol. The van der Waals surface area contributed by atoms with Crippen LogP contribution in [0.4, 0.5) is 17.5 Å². The number of piperazine rings is 1. The van der Waals surface area contributed by atoms with E-state index < -0.39 is 0 Å². The van der Waals surface area contributed by atoms with Crippen LogP contribution in [-0.2, 0) is 0 Å². The van der Waals surface area contributed by atoms with Crippen LogP contribution in [0.1, 0.15) is 10.5 Å². The molecule has 1 aliphatic heterocycles. The molecule has 0 radical (unpaired) electrons. The van der Waals surface area contributed by atoms with Gasteiger partial charge < -0.3 is 19.9 Å². The molecule has 0 bridgehead atoms. The smallest absolute Gasteiger partial charge is 0.274 e. The molecule has 0 aliphatic carbocycles. The second kappa shape index (κ2) is 8.55. The van der Waals surface area contributed by atoms with Crippen LogP contribution in [-0.4, -0.2) is 54.1 Å². The molecule has 0 unspecified atom stereocenters. The van der Waals surface area contributed by atoms with E-state index in [1.807, 2.05) is 30.3 Å². The van der Waals surface area contributed by atoms with E-state index in [1.165, 1.54) is 0 Å². The number of rotatable bonds is 5. The maximum absolute atomic E-state index is 12.7. The Bertz CT molecular complexity index is 974. The van der Waals surface area contributed by atoms with Crippen molar-refractivity contribution in [2.75, 3.05) is 48.4 Å². The first-order chi connectivity index (χ1) is 14.2. The number of carbonyl (C=O) groups excluding carboxylic acids is 1. The highest BCUT2D eigenvalue weighted by molar-refractivity contribution is 6.03. The predicted octanol–water partition coefficient (Wildman–Crippen LogP) is 2.46. The van der Waals surface area contributed by atoms with Gasteiger partial charge in [0.25, 0.3) is 5.91 Å². The highest BCUT2D eigenvalue weighted by atomic mass is 16.5. The molecule has 1 amide bonds. The summed E-state index contributed by atoms with van der Waals surface area (Å²) in [4.78, 5) is 30.2. The van der Waals surface area contributed by atoms with Crippen LogP contribution in [0.15, 0.2) is 60.9 Å². The number of hydrogen-bond acceptors (Lipinski definition) is 7. The predicted molar refractivity (Wildman–Crippen MR) is 112 cm³/mol. The maximum Gasteiger partial charge on any atom is 0.274 e. The van der Waals surface area contributed by atoms with E-state index in [0.29, 0.717) is 23.1 Å². The van der Waals surface area contributed by atoms with Gasteiger partial charge >= 0.3 is 0 Å². The van der Waals surface area contributed by atoms with Gasteiger partial charge in [-0.1, -0.05) is 18.2 Å². The molecule has 1 aliphatic rings. The number of carbonyl (C=O) groups is 1. The summed E-state index contributed by atoms with van der Waals surface area (Å²) in [6, 6.07) is 14.8. The van der Waals surface area contributed by atoms with Gasteiger partial charge in [0, 0.05) is 38.6 Å². The number of pyridine rings is 1. The Labute approximate surface area is 169 Å². The third-order valence-corrected chi connectivity index (χ3v) is 4.77. The molecule has 0 atom stereocenters. The summed E-state index contributed by atoms with van der Waals surface area (Å²) in [6.45, 7) is 3.15. The lowest BCUT2D eigenvalue weighted by molar-refractivity contribution is 0.102. The summed E-state index contributed by atoms with van der Waals surface area (Å²) in [5.74, 6) is 1.82. The normalized spacial score (nSPS) is 13.8. The zero-order valence-electron chi connectivity index (χ0n) is 16.2. The SMILES string of the molecule is COc1ccccc1NC(=O)c1ccnc(N2CCN(c3ccccn3)CC2)n1. The minimum Gasteiger partial charge on any atom is -0.495 e. The van der Waals surface area contributed by atoms with Gasteiger partial charge in [-0.05, 0) is 30.3 Å². The molecule has 8 heteroatoms. The van der Waals surface area contributed by atoms with Crippen molar-refractivity contribution in [3.05, 3.63) is 66.6 Å². The van der Waals surface area contributed by atoms with Crippen LogP contribution < -0.4 is 19.9 Å². The van der Waals surface area contributed by atoms with E-state index in [-0.39, 0.29) is 5.91 Å². The summed E-state index contributed by atoms with van der Waals surface area (Å²) >= 11 is 0. The van der Waals surface area contributed by atoms with Gasteiger partial charge in [-0.25, -0.2) is 15.0 Å². The molecule has 3 aromatic rings. The molecule has 2 aromatic heterocycles. The number of para-hydroxylation sites is 2. The van der Waals surface area contributed by atoms with Crippen molar-refractivity contribution in [1.29, 1.82) is 0 Å². The molecule has 4 rings (SSSR count). The lowest BCUT2D eigenvalue weighted by Crippen LogP contribution is -2.47. The quantitative estimate of drug-likeness (QED) is 0.716. The molecule has 8 nitrogen and oxygen atoms in total. The van der Waals surface area contributed by atoms with Crippen molar-refractivity contribution in [3.8, 4) is 5.75 Å². The van der Waals surface area contributed by atoms with Gasteiger partial charge in [0.1, 0.15) is 17.3 Å². The summed E-state index contributed by atoms with van der Waals surface area (Å²) in [5, 5.41) is 2.85. The van der Waals surface area contributed by atoms with Crippen molar-refractivity contribution in [2.45, 2.75) is 0 Å². The Morgan fingerprint density at radius 2 is 1.69 bits per heavy atom. The van der Waals surface area contributed by atoms with Crippen LogP contribution in [0.2, 0.25) is 0 Å². The van der Waals surface area contributed by atoms with Gasteiger partial charge in [0.2, 0.25) is 5.95 Å². The molecular weight excluding hydrogens is 368 g/mol. The molecule has 1 fully saturated rings. The number of anilines is 3. The average Bonchev–Trinajstić information content (AvgIpc) is 2.80. The number of nitrogens with zero attached hydrogens (tertiary/aromatic N) is 5. The molecule has 1 aromatic carbocycles. The Morgan fingerprint density at radius 3 is 2.45 bits per heavy atom. The number of benzene rings is 1. The number of hydrogen-bond donors (Lipinski definition) is 1. The molecular formula is C21H22N6O2. The van der Waals surface area contributed by atoms with E-state index in [2.05, 4.69) is 30.1 Å². The molecule has 148 valence electrons. The highest BCUT2D eigenvalue weighted by Gasteiger charge is 2.21. The van der Waals surface area contributed by atoms with Crippen molar-refractivity contribution in [2.24, 2.45) is 0 Å². The zero-order chi connectivity index (χ0) is 20.1. The first-order valence-corrected chi connectivity index (χ1v) is 9.43. The van der Waals surface area contributed by atoms with E-state index >= 15 is 0 Å². The van der Waals surface area contributed by atoms with Crippen LogP contribution in [0, 0.1) is 0 Å². The topological polar surface area (TPSA) is 83.5 Å². The molecule has 0 spiro atoms. The summed E-state index contributed by atoms with van der Waals surface area (Å²) in [5.41, 5.74) is 0.914. The number of aromatic nitrogens is 3. The fraction of sp³-hybridized carbons (Fsp3) is 0.238. The summed E-state index contributed by atoms with van der Waals surface area (Å²) in [7, 11) is 1.57. The van der Waals surface area contributed by atoms with Crippen LogP contribution in [0.5, 0.6) is 5.75 Å². The molecule has 1 N–H and O–H groups in total. The van der Waals surface area contributed by atoms with E-state index in [9.17, 15) is 4.79 Å². The monoisotopic (exact) mass is 390 g/mol. The fourth-order valence-electron chi connectivity index (χ4n) is 3.24. The Hall–Kier alpha value is -3.68. The summed E-state index contributed by atoms with van der Waals surface area (Å²) < 4.78 is 5.28. The Morgan fingerprint density at radius 1 is 0.931 bits per heavy atom. The molecule has 29 heavy (non-hydrogen) atoms. The third-order valence-electron chi connectivity index (χ3n) is 4.77.